The first-order valence-corrected chi connectivity index (χ1v) is 6.85. The van der Waals surface area contributed by atoms with Crippen molar-refractivity contribution in [3.63, 3.8) is 0 Å². The largest absolute Gasteiger partial charge is 0.448 e. The minimum Gasteiger partial charge on any atom is -0.448 e. The van der Waals surface area contributed by atoms with Crippen LogP contribution in [0.25, 0.3) is 0 Å². The molecule has 23 heavy (non-hydrogen) atoms. The molecule has 0 aliphatic rings. The van der Waals surface area contributed by atoms with Gasteiger partial charge in [-0.1, -0.05) is 17.7 Å². The Kier molecular flexibility index (Phi) is 4.97. The lowest BCUT2D eigenvalue weighted by Gasteiger charge is -2.12. The van der Waals surface area contributed by atoms with Gasteiger partial charge in [0.2, 0.25) is 0 Å². The summed E-state index contributed by atoms with van der Waals surface area (Å²) in [6.07, 6.45) is 0.315. The van der Waals surface area contributed by atoms with Gasteiger partial charge < -0.3 is 15.0 Å². The van der Waals surface area contributed by atoms with Gasteiger partial charge in [0, 0.05) is 24.0 Å². The average Bonchev–Trinajstić information content (AvgIpc) is 2.94. The van der Waals surface area contributed by atoms with Gasteiger partial charge in [0.05, 0.1) is 9.95 Å². The van der Waals surface area contributed by atoms with Gasteiger partial charge in [-0.2, -0.15) is 0 Å². The summed E-state index contributed by atoms with van der Waals surface area (Å²) in [5, 5.41) is 13.5. The Morgan fingerprint density at radius 1 is 1.39 bits per heavy atom. The van der Waals surface area contributed by atoms with Crippen LogP contribution in [0.2, 0.25) is 5.02 Å². The number of benzene rings is 1. The summed E-state index contributed by atoms with van der Waals surface area (Å²) in [6, 6.07) is 6.80. The van der Waals surface area contributed by atoms with Crippen LogP contribution in [0.4, 0.5) is 11.4 Å². The Labute approximate surface area is 135 Å². The van der Waals surface area contributed by atoms with Crippen LogP contribution in [0, 0.1) is 10.1 Å². The summed E-state index contributed by atoms with van der Waals surface area (Å²) in [7, 11) is 0. The summed E-state index contributed by atoms with van der Waals surface area (Å²) in [5.41, 5.74) is 0.188. The van der Waals surface area contributed by atoms with Crippen molar-refractivity contribution < 1.29 is 19.2 Å². The molecule has 0 saturated carbocycles. The molecule has 1 aromatic heterocycles. The molecule has 0 spiro atoms. The normalized spacial score (nSPS) is 11.6. The van der Waals surface area contributed by atoms with Crippen molar-refractivity contribution in [1.29, 1.82) is 0 Å². The van der Waals surface area contributed by atoms with E-state index >= 15 is 0 Å². The van der Waals surface area contributed by atoms with E-state index in [2.05, 4.69) is 10.3 Å². The van der Waals surface area contributed by atoms with Crippen molar-refractivity contribution >= 4 is 34.9 Å². The molecule has 0 aliphatic heterocycles. The molecule has 0 radical (unpaired) electrons. The molecule has 1 aromatic carbocycles. The fourth-order valence-electron chi connectivity index (χ4n) is 1.70. The van der Waals surface area contributed by atoms with Crippen LogP contribution >= 0.6 is 11.6 Å². The molecule has 120 valence electrons. The number of carbonyl (C=O) groups excluding carboxylic acids is 2. The molecule has 1 amide bonds. The van der Waals surface area contributed by atoms with E-state index in [4.69, 9.17) is 16.3 Å². The van der Waals surface area contributed by atoms with E-state index in [9.17, 15) is 19.7 Å². The molecule has 1 heterocycles. The number of nitro benzene ring substituents is 1. The lowest BCUT2D eigenvalue weighted by Crippen LogP contribution is -2.30. The minimum absolute atomic E-state index is 0.116. The summed E-state index contributed by atoms with van der Waals surface area (Å²) in [4.78, 5) is 36.5. The highest BCUT2D eigenvalue weighted by Gasteiger charge is 2.20. The maximum atomic E-state index is 12.0. The first-order valence-electron chi connectivity index (χ1n) is 6.47. The molecule has 8 nitrogen and oxygen atoms in total. The number of aromatic nitrogens is 1. The summed E-state index contributed by atoms with van der Waals surface area (Å²) in [6.45, 7) is 1.38. The first-order chi connectivity index (χ1) is 10.9. The molecule has 2 N–H and O–H groups in total. The van der Waals surface area contributed by atoms with Crippen molar-refractivity contribution in [3.05, 3.63) is 57.4 Å². The third-order valence-corrected chi connectivity index (χ3v) is 3.06. The molecule has 0 saturated heterocycles. The van der Waals surface area contributed by atoms with Gasteiger partial charge in [-0.25, -0.2) is 4.79 Å². The molecule has 0 fully saturated rings. The predicted octanol–water partition coefficient (Wildman–Crippen LogP) is 2.76. The summed E-state index contributed by atoms with van der Waals surface area (Å²) >= 11 is 5.68. The maximum Gasteiger partial charge on any atom is 0.355 e. The number of H-pyrrole nitrogens is 1. The smallest absolute Gasteiger partial charge is 0.355 e. The number of aromatic amines is 1. The van der Waals surface area contributed by atoms with Gasteiger partial charge in [-0.3, -0.25) is 14.9 Å². The van der Waals surface area contributed by atoms with Crippen LogP contribution in [0.1, 0.15) is 17.4 Å². The van der Waals surface area contributed by atoms with Gasteiger partial charge in [-0.05, 0) is 19.1 Å². The number of halogens is 1. The number of esters is 1. The highest BCUT2D eigenvalue weighted by molar-refractivity contribution is 6.30. The summed E-state index contributed by atoms with van der Waals surface area (Å²) in [5.74, 6) is -1.35. The number of non-ortho nitro benzene ring substituents is 1. The predicted molar refractivity (Wildman–Crippen MR) is 82.4 cm³/mol. The minimum atomic E-state index is -1.09. The lowest BCUT2D eigenvalue weighted by atomic mass is 10.2. The molecule has 0 aliphatic carbocycles. The Balaban J connectivity index is 1.98. The SMILES string of the molecule is CC(OC(=O)c1cc(Cl)c[nH]1)C(=O)Nc1cccc([N+](=O)[O-])c1. The van der Waals surface area contributed by atoms with E-state index in [1.165, 1.54) is 43.5 Å². The van der Waals surface area contributed by atoms with Crippen molar-refractivity contribution in [2.45, 2.75) is 13.0 Å². The number of rotatable bonds is 5. The van der Waals surface area contributed by atoms with Crippen molar-refractivity contribution in [1.82, 2.24) is 4.98 Å². The molecular weight excluding hydrogens is 326 g/mol. The molecule has 2 rings (SSSR count). The second-order valence-corrected chi connectivity index (χ2v) is 5.01. The number of amides is 1. The third-order valence-electron chi connectivity index (χ3n) is 2.85. The van der Waals surface area contributed by atoms with Crippen LogP contribution in [0.3, 0.4) is 0 Å². The van der Waals surface area contributed by atoms with E-state index in [0.717, 1.165) is 0 Å². The highest BCUT2D eigenvalue weighted by atomic mass is 35.5. The Hall–Kier alpha value is -2.87. The fourth-order valence-corrected chi connectivity index (χ4v) is 1.87. The number of anilines is 1. The van der Waals surface area contributed by atoms with E-state index in [-0.39, 0.29) is 17.1 Å². The van der Waals surface area contributed by atoms with E-state index in [0.29, 0.717) is 5.02 Å². The van der Waals surface area contributed by atoms with Crippen LogP contribution < -0.4 is 5.32 Å². The topological polar surface area (TPSA) is 114 Å². The molecule has 0 bridgehead atoms. The first kappa shape index (κ1) is 16.5. The number of hydrogen-bond acceptors (Lipinski definition) is 5. The maximum absolute atomic E-state index is 12.0. The van der Waals surface area contributed by atoms with Gasteiger partial charge in [0.1, 0.15) is 5.69 Å². The number of nitro groups is 1. The summed E-state index contributed by atoms with van der Waals surface area (Å²) < 4.78 is 4.99. The zero-order chi connectivity index (χ0) is 17.0. The molecule has 2 aromatic rings. The zero-order valence-electron chi connectivity index (χ0n) is 11.9. The number of nitrogens with one attached hydrogen (secondary N) is 2. The second-order valence-electron chi connectivity index (χ2n) is 4.58. The van der Waals surface area contributed by atoms with Crippen LogP contribution in [-0.4, -0.2) is 27.9 Å². The number of ether oxygens (including phenoxy) is 1. The van der Waals surface area contributed by atoms with E-state index < -0.39 is 22.9 Å². The quantitative estimate of drug-likeness (QED) is 0.494. The lowest BCUT2D eigenvalue weighted by molar-refractivity contribution is -0.384. The monoisotopic (exact) mass is 337 g/mol. The molecule has 9 heteroatoms. The van der Waals surface area contributed by atoms with Gasteiger partial charge >= 0.3 is 5.97 Å². The Morgan fingerprint density at radius 2 is 2.13 bits per heavy atom. The molecular formula is C14H12ClN3O5. The Morgan fingerprint density at radius 3 is 2.74 bits per heavy atom. The number of hydrogen-bond donors (Lipinski definition) is 2. The van der Waals surface area contributed by atoms with Gasteiger partial charge in [0.15, 0.2) is 6.10 Å². The van der Waals surface area contributed by atoms with E-state index in [1.54, 1.807) is 0 Å². The standard InChI is InChI=1S/C14H12ClN3O5/c1-8(23-14(20)12-5-9(15)7-16-12)13(19)17-10-3-2-4-11(6-10)18(21)22/h2-8,16H,1H3,(H,17,19). The van der Waals surface area contributed by atoms with Crippen molar-refractivity contribution in [3.8, 4) is 0 Å². The number of carbonyl (C=O) groups is 2. The van der Waals surface area contributed by atoms with Crippen molar-refractivity contribution in [2.75, 3.05) is 5.32 Å². The van der Waals surface area contributed by atoms with Gasteiger partial charge in [0.25, 0.3) is 11.6 Å². The fraction of sp³-hybridized carbons (Fsp3) is 0.143. The molecule has 1 unspecified atom stereocenters. The second kappa shape index (κ2) is 6.93. The van der Waals surface area contributed by atoms with Crippen LogP contribution in [-0.2, 0) is 9.53 Å². The van der Waals surface area contributed by atoms with Crippen LogP contribution in [0.5, 0.6) is 0 Å². The molecule has 1 atom stereocenters. The van der Waals surface area contributed by atoms with Crippen molar-refractivity contribution in [2.24, 2.45) is 0 Å². The number of nitrogens with zero attached hydrogens (tertiary/aromatic N) is 1. The van der Waals surface area contributed by atoms with Crippen LogP contribution in [0.15, 0.2) is 36.5 Å². The highest BCUT2D eigenvalue weighted by Crippen LogP contribution is 2.17. The average molecular weight is 338 g/mol. The van der Waals surface area contributed by atoms with E-state index in [1.807, 2.05) is 0 Å². The third kappa shape index (κ3) is 4.30. The zero-order valence-corrected chi connectivity index (χ0v) is 12.7. The van der Waals surface area contributed by atoms with Gasteiger partial charge in [-0.15, -0.1) is 0 Å². The Bertz CT molecular complexity index is 758.